The summed E-state index contributed by atoms with van der Waals surface area (Å²) in [4.78, 5) is 50.8. The Bertz CT molecular complexity index is 1250. The molecule has 1 fully saturated rings. The maximum Gasteiger partial charge on any atom is 0.316 e. The normalized spacial score (nSPS) is 15.8. The van der Waals surface area contributed by atoms with E-state index in [4.69, 9.17) is 4.74 Å². The molecule has 164 valence electrons. The third kappa shape index (κ3) is 3.44. The van der Waals surface area contributed by atoms with Crippen LogP contribution in [-0.2, 0) is 14.9 Å². The minimum atomic E-state index is -0.506. The van der Waals surface area contributed by atoms with Crippen molar-refractivity contribution in [3.63, 3.8) is 0 Å². The zero-order valence-electron chi connectivity index (χ0n) is 18.0. The smallest absolute Gasteiger partial charge is 0.316 e. The highest BCUT2D eigenvalue weighted by Gasteiger charge is 2.52. The van der Waals surface area contributed by atoms with Gasteiger partial charge in [-0.2, -0.15) is 0 Å². The summed E-state index contributed by atoms with van der Waals surface area (Å²) in [5.74, 6) is -1.39. The Morgan fingerprint density at radius 3 is 1.82 bits per heavy atom. The van der Waals surface area contributed by atoms with Crippen molar-refractivity contribution in [2.75, 3.05) is 13.7 Å². The molecule has 5 rings (SSSR count). The zero-order valence-corrected chi connectivity index (χ0v) is 18.0. The van der Waals surface area contributed by atoms with Crippen LogP contribution in [0.2, 0.25) is 0 Å². The summed E-state index contributed by atoms with van der Waals surface area (Å²) >= 11 is 0. The topological polar surface area (TPSA) is 80.8 Å². The number of amides is 2. The van der Waals surface area contributed by atoms with Gasteiger partial charge in [-0.15, -0.1) is 0 Å². The quantitative estimate of drug-likeness (QED) is 0.329. The van der Waals surface area contributed by atoms with Gasteiger partial charge in [-0.05, 0) is 41.7 Å². The summed E-state index contributed by atoms with van der Waals surface area (Å²) < 4.78 is 4.95. The largest absolute Gasteiger partial charge is 0.468 e. The van der Waals surface area contributed by atoms with E-state index in [2.05, 4.69) is 0 Å². The van der Waals surface area contributed by atoms with Crippen LogP contribution >= 0.6 is 0 Å². The second kappa shape index (κ2) is 7.81. The molecule has 1 aliphatic heterocycles. The van der Waals surface area contributed by atoms with Crippen LogP contribution in [-0.4, -0.2) is 42.1 Å². The number of nitrogens with zero attached hydrogens (tertiary/aromatic N) is 1. The molecule has 1 aliphatic carbocycles. The maximum absolute atomic E-state index is 12.8. The lowest BCUT2D eigenvalue weighted by Gasteiger charge is -2.14. The van der Waals surface area contributed by atoms with Gasteiger partial charge in [-0.25, -0.2) is 0 Å². The van der Waals surface area contributed by atoms with E-state index in [1.165, 1.54) is 7.11 Å². The summed E-state index contributed by atoms with van der Waals surface area (Å²) in [5.41, 5.74) is 3.40. The Morgan fingerprint density at radius 1 is 0.818 bits per heavy atom. The molecule has 3 aromatic carbocycles. The molecule has 3 aromatic rings. The van der Waals surface area contributed by atoms with Gasteiger partial charge in [0.05, 0.1) is 30.2 Å². The van der Waals surface area contributed by atoms with Crippen molar-refractivity contribution in [2.45, 2.75) is 18.3 Å². The molecule has 2 amide bonds. The van der Waals surface area contributed by atoms with Gasteiger partial charge in [0, 0.05) is 5.56 Å². The molecule has 0 radical (unpaired) electrons. The number of hydrogen-bond acceptors (Lipinski definition) is 5. The van der Waals surface area contributed by atoms with Gasteiger partial charge in [-0.1, -0.05) is 60.7 Å². The van der Waals surface area contributed by atoms with Gasteiger partial charge >= 0.3 is 5.97 Å². The van der Waals surface area contributed by atoms with Crippen molar-refractivity contribution in [1.82, 2.24) is 4.90 Å². The highest BCUT2D eigenvalue weighted by atomic mass is 16.5. The van der Waals surface area contributed by atoms with Gasteiger partial charge in [0.25, 0.3) is 11.8 Å². The van der Waals surface area contributed by atoms with Crippen LogP contribution in [0.5, 0.6) is 0 Å². The number of Topliss-reactive ketones (excluding diaryl/α,β-unsaturated/α-hetero) is 1. The molecule has 6 nitrogen and oxygen atoms in total. The average molecular weight is 439 g/mol. The van der Waals surface area contributed by atoms with Crippen LogP contribution < -0.4 is 0 Å². The minimum Gasteiger partial charge on any atom is -0.468 e. The van der Waals surface area contributed by atoms with Gasteiger partial charge in [0.2, 0.25) is 0 Å². The lowest BCUT2D eigenvalue weighted by Crippen LogP contribution is -2.34. The van der Waals surface area contributed by atoms with Crippen LogP contribution in [0.4, 0.5) is 0 Å². The highest BCUT2D eigenvalue weighted by Crippen LogP contribution is 2.49. The fourth-order valence-corrected chi connectivity index (χ4v) is 4.38. The Hall–Kier alpha value is -4.06. The molecule has 33 heavy (non-hydrogen) atoms. The van der Waals surface area contributed by atoms with Crippen LogP contribution in [0.1, 0.15) is 49.5 Å². The molecule has 6 heteroatoms. The standard InChI is InChI=1S/C27H21NO5/c1-33-26(32)27(14-15-27)20-12-10-18(11-13-20)17-6-8-19(9-7-17)23(29)16-28-24(30)21-4-2-3-5-22(21)25(28)31/h2-13H,14-16H2,1H3. The number of fused-ring (bicyclic) bond motifs is 1. The third-order valence-electron chi connectivity index (χ3n) is 6.48. The van der Waals surface area contributed by atoms with E-state index in [1.54, 1.807) is 36.4 Å². The van der Waals surface area contributed by atoms with Crippen LogP contribution in [0, 0.1) is 0 Å². The van der Waals surface area contributed by atoms with Crippen LogP contribution in [0.25, 0.3) is 11.1 Å². The lowest BCUT2D eigenvalue weighted by atomic mass is 9.93. The fourth-order valence-electron chi connectivity index (χ4n) is 4.38. The van der Waals surface area contributed by atoms with Crippen LogP contribution in [0.15, 0.2) is 72.8 Å². The fraction of sp³-hybridized carbons (Fsp3) is 0.185. The predicted molar refractivity (Wildman–Crippen MR) is 121 cm³/mol. The Morgan fingerprint density at radius 2 is 1.33 bits per heavy atom. The first-order valence-corrected chi connectivity index (χ1v) is 10.7. The molecular formula is C27H21NO5. The molecule has 1 heterocycles. The Kier molecular flexibility index (Phi) is 4.93. The van der Waals surface area contributed by atoms with E-state index in [0.29, 0.717) is 16.7 Å². The minimum absolute atomic E-state index is 0.198. The maximum atomic E-state index is 12.8. The number of imide groups is 1. The molecule has 0 saturated heterocycles. The molecule has 0 bridgehead atoms. The van der Waals surface area contributed by atoms with Gasteiger partial charge in [-0.3, -0.25) is 24.1 Å². The molecule has 0 aromatic heterocycles. The summed E-state index contributed by atoms with van der Waals surface area (Å²) in [6.07, 6.45) is 1.59. The molecule has 0 spiro atoms. The highest BCUT2D eigenvalue weighted by molar-refractivity contribution is 6.23. The predicted octanol–water partition coefficient (Wildman–Crippen LogP) is 4.04. The molecule has 2 aliphatic rings. The van der Waals surface area contributed by atoms with E-state index < -0.39 is 17.2 Å². The van der Waals surface area contributed by atoms with E-state index in [-0.39, 0.29) is 18.3 Å². The number of benzene rings is 3. The summed E-state index contributed by atoms with van der Waals surface area (Å²) in [6, 6.07) is 21.4. The van der Waals surface area contributed by atoms with E-state index in [0.717, 1.165) is 34.4 Å². The summed E-state index contributed by atoms with van der Waals surface area (Å²) in [5, 5.41) is 0. The van der Waals surface area contributed by atoms with Crippen molar-refractivity contribution in [3.05, 3.63) is 95.1 Å². The molecular weight excluding hydrogens is 418 g/mol. The summed E-state index contributed by atoms with van der Waals surface area (Å²) in [6.45, 7) is -0.296. The van der Waals surface area contributed by atoms with E-state index in [9.17, 15) is 19.2 Å². The zero-order chi connectivity index (χ0) is 23.2. The lowest BCUT2D eigenvalue weighted by molar-refractivity contribution is -0.143. The van der Waals surface area contributed by atoms with Gasteiger partial charge < -0.3 is 4.74 Å². The number of esters is 1. The van der Waals surface area contributed by atoms with E-state index >= 15 is 0 Å². The molecule has 0 unspecified atom stereocenters. The molecule has 1 saturated carbocycles. The first kappa shape index (κ1) is 20.8. The molecule has 0 atom stereocenters. The third-order valence-corrected chi connectivity index (χ3v) is 6.48. The van der Waals surface area contributed by atoms with Crippen LogP contribution in [0.3, 0.4) is 0 Å². The number of ether oxygens (including phenoxy) is 1. The molecule has 0 N–H and O–H groups in total. The number of carbonyl (C=O) groups is 4. The van der Waals surface area contributed by atoms with Crippen molar-refractivity contribution < 1.29 is 23.9 Å². The van der Waals surface area contributed by atoms with Crippen molar-refractivity contribution in [3.8, 4) is 11.1 Å². The van der Waals surface area contributed by atoms with Crippen molar-refractivity contribution >= 4 is 23.6 Å². The number of hydrogen-bond donors (Lipinski definition) is 0. The number of methoxy groups -OCH3 is 1. The second-order valence-corrected chi connectivity index (χ2v) is 8.39. The second-order valence-electron chi connectivity index (χ2n) is 8.39. The first-order valence-electron chi connectivity index (χ1n) is 10.7. The number of rotatable bonds is 6. The van der Waals surface area contributed by atoms with Crippen molar-refractivity contribution in [2.24, 2.45) is 0 Å². The monoisotopic (exact) mass is 439 g/mol. The van der Waals surface area contributed by atoms with Gasteiger partial charge in [0.1, 0.15) is 0 Å². The summed E-state index contributed by atoms with van der Waals surface area (Å²) in [7, 11) is 1.41. The number of ketones is 1. The Balaban J connectivity index is 1.29. The van der Waals surface area contributed by atoms with Crippen molar-refractivity contribution in [1.29, 1.82) is 0 Å². The number of carbonyl (C=O) groups excluding carboxylic acids is 4. The van der Waals surface area contributed by atoms with E-state index in [1.807, 2.05) is 36.4 Å². The SMILES string of the molecule is COC(=O)C1(c2ccc(-c3ccc(C(=O)CN4C(=O)c5ccccc5C4=O)cc3)cc2)CC1. The van der Waals surface area contributed by atoms with Gasteiger partial charge in [0.15, 0.2) is 5.78 Å². The first-order chi connectivity index (χ1) is 15.9. The average Bonchev–Trinajstić information content (AvgIpc) is 3.64. The Labute approximate surface area is 190 Å².